The number of hydrogen-bond acceptors (Lipinski definition) is 2. The first kappa shape index (κ1) is 37.8. The van der Waals surface area contributed by atoms with E-state index < -0.39 is 0 Å². The molecule has 0 saturated heterocycles. The van der Waals surface area contributed by atoms with Gasteiger partial charge in [-0.05, 0) is 171 Å². The molecule has 0 amide bonds. The molecule has 9 aromatic carbocycles. The zero-order chi connectivity index (χ0) is 42.2. The third-order valence-corrected chi connectivity index (χ3v) is 16.4. The van der Waals surface area contributed by atoms with E-state index in [1.165, 1.54) is 114 Å². The summed E-state index contributed by atoms with van der Waals surface area (Å²) in [7, 11) is 0. The molecule has 0 N–H and O–H groups in total. The Morgan fingerprint density at radius 3 is 1.53 bits per heavy atom. The Hall–Kier alpha value is -6.74. The van der Waals surface area contributed by atoms with Crippen molar-refractivity contribution >= 4 is 59.3 Å². The van der Waals surface area contributed by atoms with Crippen molar-refractivity contribution in [3.05, 3.63) is 212 Å². The summed E-state index contributed by atoms with van der Waals surface area (Å²) in [6, 6.07) is 77.1. The van der Waals surface area contributed by atoms with Gasteiger partial charge in [0, 0.05) is 37.2 Å². The number of benzene rings is 9. The van der Waals surface area contributed by atoms with E-state index in [9.17, 15) is 0 Å². The fraction of sp³-hybridized carbons (Fsp3) is 0.161. The fourth-order valence-corrected chi connectivity index (χ4v) is 13.9. The molecular formula is C62H49NS. The summed E-state index contributed by atoms with van der Waals surface area (Å²) in [5.74, 6) is 2.86. The average Bonchev–Trinajstić information content (AvgIpc) is 3.73. The monoisotopic (exact) mass is 839 g/mol. The maximum absolute atomic E-state index is 2.48. The summed E-state index contributed by atoms with van der Waals surface area (Å²) in [4.78, 5) is 2.43. The molecule has 2 heteroatoms. The zero-order valence-corrected chi connectivity index (χ0v) is 36.8. The second-order valence-electron chi connectivity index (χ2n) is 19.1. The van der Waals surface area contributed by atoms with Gasteiger partial charge in [-0.1, -0.05) is 158 Å². The van der Waals surface area contributed by atoms with Crippen molar-refractivity contribution in [2.45, 2.75) is 43.9 Å². The Morgan fingerprint density at radius 2 is 0.875 bits per heavy atom. The predicted octanol–water partition coefficient (Wildman–Crippen LogP) is 17.8. The van der Waals surface area contributed by atoms with E-state index in [0.29, 0.717) is 5.41 Å². The Kier molecular flexibility index (Phi) is 8.98. The van der Waals surface area contributed by atoms with E-state index in [2.05, 4.69) is 211 Å². The Morgan fingerprint density at radius 1 is 0.375 bits per heavy atom. The van der Waals surface area contributed by atoms with Crippen molar-refractivity contribution in [3.63, 3.8) is 0 Å². The number of fused-ring (bicyclic) bond motifs is 4. The second-order valence-corrected chi connectivity index (χ2v) is 20.2. The first-order valence-electron chi connectivity index (χ1n) is 23.3. The fourth-order valence-electron chi connectivity index (χ4n) is 12.8. The van der Waals surface area contributed by atoms with Gasteiger partial charge < -0.3 is 4.90 Å². The molecular weight excluding hydrogens is 791 g/mol. The van der Waals surface area contributed by atoms with Crippen LogP contribution in [0.3, 0.4) is 0 Å². The van der Waals surface area contributed by atoms with Gasteiger partial charge in [0.2, 0.25) is 0 Å². The van der Waals surface area contributed by atoms with Gasteiger partial charge in [0.1, 0.15) is 0 Å². The maximum atomic E-state index is 2.48. The van der Waals surface area contributed by atoms with E-state index in [0.717, 1.165) is 34.8 Å². The van der Waals surface area contributed by atoms with Crippen LogP contribution in [0, 0.1) is 17.8 Å². The van der Waals surface area contributed by atoms with Crippen LogP contribution in [0.25, 0.3) is 75.5 Å². The highest BCUT2D eigenvalue weighted by Crippen LogP contribution is 2.61. The van der Waals surface area contributed by atoms with Crippen molar-refractivity contribution in [2.75, 3.05) is 4.90 Å². The molecule has 14 rings (SSSR count). The number of nitrogens with zero attached hydrogens (tertiary/aromatic N) is 1. The Bertz CT molecular complexity index is 3300. The van der Waals surface area contributed by atoms with Crippen LogP contribution in [-0.4, -0.2) is 0 Å². The van der Waals surface area contributed by atoms with Crippen LogP contribution < -0.4 is 4.90 Å². The number of rotatable bonds is 8. The number of thiophene rings is 1. The molecule has 64 heavy (non-hydrogen) atoms. The molecule has 1 nitrogen and oxygen atoms in total. The summed E-state index contributed by atoms with van der Waals surface area (Å²) < 4.78 is 2.65. The number of hydrogen-bond donors (Lipinski definition) is 0. The minimum atomic E-state index is 0.418. The van der Waals surface area contributed by atoms with Crippen LogP contribution >= 0.6 is 11.3 Å². The topological polar surface area (TPSA) is 3.24 Å². The number of anilines is 3. The molecule has 0 radical (unpaired) electrons. The van der Waals surface area contributed by atoms with E-state index in [4.69, 9.17) is 0 Å². The lowest BCUT2D eigenvalue weighted by molar-refractivity contribution is -0.00518. The highest BCUT2D eigenvalue weighted by molar-refractivity contribution is 7.25. The van der Waals surface area contributed by atoms with Gasteiger partial charge in [0.25, 0.3) is 0 Å². The predicted molar refractivity (Wildman–Crippen MR) is 273 cm³/mol. The lowest BCUT2D eigenvalue weighted by atomic mass is 9.48. The highest BCUT2D eigenvalue weighted by Gasteiger charge is 2.51. The Labute approximate surface area is 380 Å². The van der Waals surface area contributed by atoms with Crippen LogP contribution in [0.15, 0.2) is 206 Å². The van der Waals surface area contributed by atoms with E-state index >= 15 is 0 Å². The smallest absolute Gasteiger partial charge is 0.0467 e. The molecule has 4 aliphatic carbocycles. The van der Waals surface area contributed by atoms with Gasteiger partial charge in [0.15, 0.2) is 0 Å². The lowest BCUT2D eigenvalue weighted by Crippen LogP contribution is -2.48. The molecule has 1 aromatic heterocycles. The molecule has 308 valence electrons. The SMILES string of the molecule is c1ccc(-c2cccc3cccc(-c4ccc(N(c5ccc(-c6ccc(C78CC9CC(CC(C9)C7)C8)cc6)cc5)c5cccc(-c6cccc7sc8ccccc8c67)c5)cc4)c23)cc1. The third kappa shape index (κ3) is 6.41. The molecule has 10 aromatic rings. The quantitative estimate of drug-likeness (QED) is 0.147. The molecule has 1 heterocycles. The molecule has 4 fully saturated rings. The first-order valence-corrected chi connectivity index (χ1v) is 24.1. The highest BCUT2D eigenvalue weighted by atomic mass is 32.1. The molecule has 0 spiro atoms. The minimum Gasteiger partial charge on any atom is -0.310 e. The van der Waals surface area contributed by atoms with Crippen molar-refractivity contribution in [1.82, 2.24) is 0 Å². The molecule has 4 aliphatic rings. The standard InChI is InChI=1S/C62H49NS/c1-2-10-46(11-3-1)54-17-7-12-48-13-8-18-55(60(48)54)47-26-32-52(33-27-47)63(53-15-6-14-49(37-53)56-19-9-21-59-61(56)57-16-4-5-20-58(57)64-59)51-30-24-45(25-31-51)44-22-28-50(29-23-44)62-38-41-34-42(39-62)36-43(35-41)40-62/h1-33,37,41-43H,34-36,38-40H2. The molecule has 0 unspecified atom stereocenters. The van der Waals surface area contributed by atoms with Crippen LogP contribution in [-0.2, 0) is 5.41 Å². The van der Waals surface area contributed by atoms with Gasteiger partial charge in [-0.15, -0.1) is 11.3 Å². The maximum Gasteiger partial charge on any atom is 0.0467 e. The minimum absolute atomic E-state index is 0.418. The molecule has 4 bridgehead atoms. The van der Waals surface area contributed by atoms with Gasteiger partial charge in [-0.3, -0.25) is 0 Å². The second kappa shape index (κ2) is 15.2. The summed E-state index contributed by atoms with van der Waals surface area (Å²) in [5.41, 5.74) is 15.4. The van der Waals surface area contributed by atoms with Gasteiger partial charge >= 0.3 is 0 Å². The van der Waals surface area contributed by atoms with E-state index in [-0.39, 0.29) is 0 Å². The van der Waals surface area contributed by atoms with Crippen LogP contribution in [0.5, 0.6) is 0 Å². The summed E-state index contributed by atoms with van der Waals surface area (Å²) in [5, 5.41) is 5.18. The largest absolute Gasteiger partial charge is 0.310 e. The van der Waals surface area contributed by atoms with Crippen LogP contribution in [0.1, 0.15) is 44.1 Å². The first-order chi connectivity index (χ1) is 31.6. The van der Waals surface area contributed by atoms with Crippen molar-refractivity contribution < 1.29 is 0 Å². The zero-order valence-electron chi connectivity index (χ0n) is 36.0. The third-order valence-electron chi connectivity index (χ3n) is 15.2. The van der Waals surface area contributed by atoms with Gasteiger partial charge in [-0.25, -0.2) is 0 Å². The lowest BCUT2D eigenvalue weighted by Gasteiger charge is -2.57. The molecule has 0 aliphatic heterocycles. The van der Waals surface area contributed by atoms with E-state index in [1.54, 1.807) is 5.56 Å². The average molecular weight is 840 g/mol. The summed E-state index contributed by atoms with van der Waals surface area (Å²) in [6.45, 7) is 0. The van der Waals surface area contributed by atoms with Gasteiger partial charge in [-0.2, -0.15) is 0 Å². The Balaban J connectivity index is 0.890. The van der Waals surface area contributed by atoms with E-state index in [1.807, 2.05) is 11.3 Å². The summed E-state index contributed by atoms with van der Waals surface area (Å²) >= 11 is 1.88. The van der Waals surface area contributed by atoms with Crippen LogP contribution in [0.4, 0.5) is 17.1 Å². The van der Waals surface area contributed by atoms with Crippen LogP contribution in [0.2, 0.25) is 0 Å². The van der Waals surface area contributed by atoms with Crippen molar-refractivity contribution in [3.8, 4) is 44.5 Å². The van der Waals surface area contributed by atoms with Crippen molar-refractivity contribution in [1.29, 1.82) is 0 Å². The molecule has 4 saturated carbocycles. The molecule has 0 atom stereocenters. The van der Waals surface area contributed by atoms with Gasteiger partial charge in [0.05, 0.1) is 0 Å². The normalized spacial score (nSPS) is 20.0. The van der Waals surface area contributed by atoms with Crippen molar-refractivity contribution in [2.24, 2.45) is 17.8 Å². The summed E-state index contributed by atoms with van der Waals surface area (Å²) in [6.07, 6.45) is 8.66.